The second kappa shape index (κ2) is 12.0. The fourth-order valence-corrected chi connectivity index (χ4v) is 3.92. The molecule has 1 aromatic carbocycles. The summed E-state index contributed by atoms with van der Waals surface area (Å²) in [6, 6.07) is 5.70. The number of aryl methyl sites for hydroxylation is 1. The van der Waals surface area contributed by atoms with Gasteiger partial charge in [0.15, 0.2) is 5.96 Å². The van der Waals surface area contributed by atoms with E-state index in [0.29, 0.717) is 17.5 Å². The van der Waals surface area contributed by atoms with Crippen molar-refractivity contribution in [1.82, 2.24) is 15.5 Å². The highest BCUT2D eigenvalue weighted by atomic mass is 127. The summed E-state index contributed by atoms with van der Waals surface area (Å²) < 4.78 is 25.0. The van der Waals surface area contributed by atoms with Crippen molar-refractivity contribution < 1.29 is 13.9 Å². The molecule has 2 N–H and O–H groups in total. The van der Waals surface area contributed by atoms with E-state index in [1.165, 1.54) is 0 Å². The molecule has 0 spiro atoms. The molecule has 0 saturated carbocycles. The number of nitrogens with zero attached hydrogens (tertiary/aromatic N) is 2. The fourth-order valence-electron chi connectivity index (χ4n) is 3.92. The molecule has 6 nitrogen and oxygen atoms in total. The lowest BCUT2D eigenvalue weighted by Gasteiger charge is -2.37. The number of hydrogen-bond donors (Lipinski definition) is 2. The molecule has 164 valence electrons. The minimum atomic E-state index is -0.178. The van der Waals surface area contributed by atoms with Crippen molar-refractivity contribution in [2.75, 3.05) is 53.1 Å². The second-order valence-corrected chi connectivity index (χ2v) is 7.67. The molecule has 29 heavy (non-hydrogen) atoms. The van der Waals surface area contributed by atoms with Crippen LogP contribution in [-0.4, -0.2) is 70.0 Å². The van der Waals surface area contributed by atoms with Crippen LogP contribution in [0.15, 0.2) is 23.2 Å². The lowest BCUT2D eigenvalue weighted by Crippen LogP contribution is -2.53. The number of hydrogen-bond acceptors (Lipinski definition) is 4. The van der Waals surface area contributed by atoms with Crippen LogP contribution in [0.25, 0.3) is 0 Å². The summed E-state index contributed by atoms with van der Waals surface area (Å²) in [5.74, 6) is 1.07. The Bertz CT molecular complexity index is 664. The number of guanidine groups is 1. The van der Waals surface area contributed by atoms with Crippen LogP contribution in [0.4, 0.5) is 4.39 Å². The zero-order valence-corrected chi connectivity index (χ0v) is 19.9. The van der Waals surface area contributed by atoms with Crippen molar-refractivity contribution in [1.29, 1.82) is 0 Å². The Labute approximate surface area is 190 Å². The number of morpholine rings is 1. The van der Waals surface area contributed by atoms with E-state index in [4.69, 9.17) is 9.47 Å². The minimum Gasteiger partial charge on any atom is -0.381 e. The predicted octanol–water partition coefficient (Wildman–Crippen LogP) is 2.72. The van der Waals surface area contributed by atoms with Gasteiger partial charge in [0.25, 0.3) is 0 Å². The van der Waals surface area contributed by atoms with Crippen molar-refractivity contribution in [2.24, 2.45) is 10.9 Å². The monoisotopic (exact) mass is 520 g/mol. The summed E-state index contributed by atoms with van der Waals surface area (Å²) in [6.07, 6.45) is 1.09. The average molecular weight is 520 g/mol. The molecule has 0 radical (unpaired) electrons. The van der Waals surface area contributed by atoms with E-state index in [1.807, 2.05) is 19.1 Å². The van der Waals surface area contributed by atoms with Crippen LogP contribution in [0.1, 0.15) is 30.5 Å². The Morgan fingerprint density at radius 2 is 2.03 bits per heavy atom. The maximum absolute atomic E-state index is 13.9. The van der Waals surface area contributed by atoms with Crippen LogP contribution in [-0.2, 0) is 9.47 Å². The largest absolute Gasteiger partial charge is 0.381 e. The molecule has 0 aliphatic carbocycles. The zero-order chi connectivity index (χ0) is 19.9. The van der Waals surface area contributed by atoms with Gasteiger partial charge in [-0.3, -0.25) is 9.89 Å². The molecule has 2 aliphatic rings. The summed E-state index contributed by atoms with van der Waals surface area (Å²) >= 11 is 0. The SMILES string of the molecule is CN=C(NCC(C1CCOC1)N1CCOCC1)NC(C)c1ccc(C)c(F)c1.I. The normalized spacial score (nSPS) is 22.6. The molecule has 3 rings (SSSR count). The Morgan fingerprint density at radius 3 is 2.66 bits per heavy atom. The Balaban J connectivity index is 0.00000300. The van der Waals surface area contributed by atoms with Gasteiger partial charge in [-0.2, -0.15) is 0 Å². The van der Waals surface area contributed by atoms with Crippen molar-refractivity contribution in [3.05, 3.63) is 35.1 Å². The zero-order valence-electron chi connectivity index (χ0n) is 17.6. The van der Waals surface area contributed by atoms with Crippen molar-refractivity contribution >= 4 is 29.9 Å². The molecule has 0 aromatic heterocycles. The quantitative estimate of drug-likeness (QED) is 0.344. The third-order valence-corrected chi connectivity index (χ3v) is 5.78. The first-order valence-corrected chi connectivity index (χ1v) is 10.2. The van der Waals surface area contributed by atoms with Crippen LogP contribution >= 0.6 is 24.0 Å². The first-order valence-electron chi connectivity index (χ1n) is 10.2. The third-order valence-electron chi connectivity index (χ3n) is 5.78. The van der Waals surface area contributed by atoms with Crippen LogP contribution in [0.5, 0.6) is 0 Å². The Kier molecular flexibility index (Phi) is 10.1. The summed E-state index contributed by atoms with van der Waals surface area (Å²) in [7, 11) is 1.76. The van der Waals surface area contributed by atoms with Crippen LogP contribution in [0.3, 0.4) is 0 Å². The Morgan fingerprint density at radius 1 is 1.28 bits per heavy atom. The number of benzene rings is 1. The van der Waals surface area contributed by atoms with Crippen molar-refractivity contribution in [3.63, 3.8) is 0 Å². The van der Waals surface area contributed by atoms with Crippen LogP contribution in [0, 0.1) is 18.7 Å². The molecule has 0 bridgehead atoms. The predicted molar refractivity (Wildman–Crippen MR) is 125 cm³/mol. The topological polar surface area (TPSA) is 58.1 Å². The second-order valence-electron chi connectivity index (χ2n) is 7.67. The van der Waals surface area contributed by atoms with Gasteiger partial charge in [-0.05, 0) is 37.5 Å². The van der Waals surface area contributed by atoms with Gasteiger partial charge in [0.1, 0.15) is 5.82 Å². The van der Waals surface area contributed by atoms with Gasteiger partial charge in [-0.1, -0.05) is 12.1 Å². The summed E-state index contributed by atoms with van der Waals surface area (Å²) in [5, 5.41) is 6.85. The van der Waals surface area contributed by atoms with Gasteiger partial charge in [-0.15, -0.1) is 24.0 Å². The molecule has 2 fully saturated rings. The third kappa shape index (κ3) is 6.77. The molecule has 1 aromatic rings. The first-order chi connectivity index (χ1) is 13.6. The van der Waals surface area contributed by atoms with Gasteiger partial charge in [0, 0.05) is 45.2 Å². The molecule has 0 amide bonds. The van der Waals surface area contributed by atoms with E-state index in [2.05, 4.69) is 20.5 Å². The number of aliphatic imine (C=N–C) groups is 1. The lowest BCUT2D eigenvalue weighted by molar-refractivity contribution is 0.00246. The number of halogens is 2. The molecule has 2 saturated heterocycles. The number of ether oxygens (including phenoxy) is 2. The number of nitrogens with one attached hydrogen (secondary N) is 2. The van der Waals surface area contributed by atoms with Gasteiger partial charge in [0.05, 0.1) is 25.9 Å². The van der Waals surface area contributed by atoms with Gasteiger partial charge < -0.3 is 20.1 Å². The summed E-state index contributed by atoms with van der Waals surface area (Å²) in [5.41, 5.74) is 1.56. The van der Waals surface area contributed by atoms with Gasteiger partial charge in [0.2, 0.25) is 0 Å². The number of rotatable bonds is 6. The molecule has 2 aliphatic heterocycles. The lowest BCUT2D eigenvalue weighted by atomic mass is 9.97. The smallest absolute Gasteiger partial charge is 0.191 e. The van der Waals surface area contributed by atoms with Gasteiger partial charge in [-0.25, -0.2) is 4.39 Å². The van der Waals surface area contributed by atoms with Crippen molar-refractivity contribution in [2.45, 2.75) is 32.4 Å². The molecular formula is C21H34FIN4O2. The van der Waals surface area contributed by atoms with E-state index in [0.717, 1.165) is 64.0 Å². The first kappa shape index (κ1) is 24.3. The van der Waals surface area contributed by atoms with Crippen LogP contribution < -0.4 is 10.6 Å². The highest BCUT2D eigenvalue weighted by Crippen LogP contribution is 2.22. The molecule has 3 atom stereocenters. The van der Waals surface area contributed by atoms with E-state index in [-0.39, 0.29) is 35.8 Å². The summed E-state index contributed by atoms with van der Waals surface area (Å²) in [6.45, 7) is 9.71. The van der Waals surface area contributed by atoms with E-state index in [9.17, 15) is 4.39 Å². The average Bonchev–Trinajstić information content (AvgIpc) is 3.24. The van der Waals surface area contributed by atoms with Gasteiger partial charge >= 0.3 is 0 Å². The van der Waals surface area contributed by atoms with E-state index in [1.54, 1.807) is 20.0 Å². The van der Waals surface area contributed by atoms with Crippen LogP contribution in [0.2, 0.25) is 0 Å². The highest BCUT2D eigenvalue weighted by molar-refractivity contribution is 14.0. The van der Waals surface area contributed by atoms with Crippen molar-refractivity contribution in [3.8, 4) is 0 Å². The Hall–Kier alpha value is -0.970. The van der Waals surface area contributed by atoms with E-state index >= 15 is 0 Å². The molecular weight excluding hydrogens is 486 g/mol. The maximum atomic E-state index is 13.9. The molecule has 2 heterocycles. The molecule has 8 heteroatoms. The van der Waals surface area contributed by atoms with E-state index < -0.39 is 0 Å². The highest BCUT2D eigenvalue weighted by Gasteiger charge is 2.31. The minimum absolute atomic E-state index is 0. The molecule has 3 unspecified atom stereocenters. The summed E-state index contributed by atoms with van der Waals surface area (Å²) in [4.78, 5) is 6.87. The maximum Gasteiger partial charge on any atom is 0.191 e. The standard InChI is InChI=1S/C21H33FN4O2.HI/c1-15-4-5-17(12-19(15)22)16(2)25-21(23-3)24-13-20(18-6-9-28-14-18)26-7-10-27-11-8-26;/h4-5,12,16,18,20H,6-11,13-14H2,1-3H3,(H2,23,24,25);1H. The fraction of sp³-hybridized carbons (Fsp3) is 0.667.